The first-order valence-electron chi connectivity index (χ1n) is 10.7. The van der Waals surface area contributed by atoms with Crippen molar-refractivity contribution in [1.82, 2.24) is 19.6 Å². The molecule has 3 rings (SSSR count). The zero-order chi connectivity index (χ0) is 19.1. The van der Waals surface area contributed by atoms with Crippen molar-refractivity contribution in [2.24, 2.45) is 5.92 Å². The number of ether oxygens (including phenoxy) is 1. The van der Waals surface area contributed by atoms with Crippen LogP contribution in [0.15, 0.2) is 0 Å². The molecule has 7 nitrogen and oxygen atoms in total. The molecule has 1 aliphatic carbocycles. The molecule has 2 heterocycles. The fourth-order valence-corrected chi connectivity index (χ4v) is 4.38. The van der Waals surface area contributed by atoms with Crippen LogP contribution in [-0.4, -0.2) is 111 Å². The summed E-state index contributed by atoms with van der Waals surface area (Å²) in [6.45, 7) is 8.06. The van der Waals surface area contributed by atoms with E-state index in [1.807, 2.05) is 16.8 Å². The van der Waals surface area contributed by atoms with Crippen molar-refractivity contribution in [3.05, 3.63) is 0 Å². The van der Waals surface area contributed by atoms with Crippen LogP contribution >= 0.6 is 0 Å². The molecule has 0 unspecified atom stereocenters. The number of likely N-dealkylation sites (N-methyl/N-ethyl adjacent to an activating group) is 1. The van der Waals surface area contributed by atoms with E-state index in [9.17, 15) is 9.59 Å². The maximum Gasteiger partial charge on any atom is 0.236 e. The summed E-state index contributed by atoms with van der Waals surface area (Å²) in [4.78, 5) is 33.2. The second-order valence-electron chi connectivity index (χ2n) is 8.32. The lowest BCUT2D eigenvalue weighted by Gasteiger charge is -2.36. The molecule has 7 heteroatoms. The summed E-state index contributed by atoms with van der Waals surface area (Å²) in [5.41, 5.74) is 0. The Hall–Kier alpha value is -1.18. The van der Waals surface area contributed by atoms with Crippen LogP contribution in [0.3, 0.4) is 0 Å². The van der Waals surface area contributed by atoms with Crippen molar-refractivity contribution in [3.8, 4) is 0 Å². The van der Waals surface area contributed by atoms with Gasteiger partial charge in [0, 0.05) is 52.9 Å². The average molecular weight is 381 g/mol. The fraction of sp³-hybridized carbons (Fsp3) is 0.900. The molecule has 27 heavy (non-hydrogen) atoms. The Morgan fingerprint density at radius 3 is 2.11 bits per heavy atom. The molecule has 0 N–H and O–H groups in total. The van der Waals surface area contributed by atoms with Crippen molar-refractivity contribution in [1.29, 1.82) is 0 Å². The third-order valence-corrected chi connectivity index (χ3v) is 6.23. The number of hydrogen-bond donors (Lipinski definition) is 0. The van der Waals surface area contributed by atoms with Crippen LogP contribution < -0.4 is 0 Å². The molecule has 1 saturated carbocycles. The Labute approximate surface area is 163 Å². The van der Waals surface area contributed by atoms with Crippen molar-refractivity contribution in [2.75, 3.05) is 79.2 Å². The molecule has 0 aromatic heterocycles. The monoisotopic (exact) mass is 380 g/mol. The van der Waals surface area contributed by atoms with Gasteiger partial charge >= 0.3 is 0 Å². The van der Waals surface area contributed by atoms with Gasteiger partial charge in [-0.3, -0.25) is 19.4 Å². The number of amides is 2. The highest BCUT2D eigenvalue weighted by molar-refractivity contribution is 5.78. The lowest BCUT2D eigenvalue weighted by molar-refractivity contribution is -0.137. The number of piperazine rings is 1. The van der Waals surface area contributed by atoms with Crippen molar-refractivity contribution in [2.45, 2.75) is 32.1 Å². The SMILES string of the molecule is CN(CC1CCCCC1)C(=O)CN1CCN(CC(=O)N2CCOCC2)CC1. The normalized spacial score (nSPS) is 23.4. The first-order valence-corrected chi connectivity index (χ1v) is 10.7. The topological polar surface area (TPSA) is 56.3 Å². The van der Waals surface area contributed by atoms with Gasteiger partial charge in [-0.05, 0) is 18.8 Å². The Balaban J connectivity index is 1.33. The van der Waals surface area contributed by atoms with Gasteiger partial charge in [-0.15, -0.1) is 0 Å². The number of carbonyl (C=O) groups is 2. The van der Waals surface area contributed by atoms with Crippen molar-refractivity contribution >= 4 is 11.8 Å². The minimum Gasteiger partial charge on any atom is -0.378 e. The number of nitrogens with zero attached hydrogens (tertiary/aromatic N) is 4. The minimum atomic E-state index is 0.204. The lowest BCUT2D eigenvalue weighted by Crippen LogP contribution is -2.53. The van der Waals surface area contributed by atoms with Crippen molar-refractivity contribution < 1.29 is 14.3 Å². The van der Waals surface area contributed by atoms with Gasteiger partial charge in [0.25, 0.3) is 0 Å². The van der Waals surface area contributed by atoms with Crippen molar-refractivity contribution in [3.63, 3.8) is 0 Å². The van der Waals surface area contributed by atoms with E-state index in [2.05, 4.69) is 9.80 Å². The maximum atomic E-state index is 12.5. The summed E-state index contributed by atoms with van der Waals surface area (Å²) in [5, 5.41) is 0. The highest BCUT2D eigenvalue weighted by Gasteiger charge is 2.25. The molecular weight excluding hydrogens is 344 g/mol. The van der Waals surface area contributed by atoms with Gasteiger partial charge in [0.15, 0.2) is 0 Å². The summed E-state index contributed by atoms with van der Waals surface area (Å²) in [6.07, 6.45) is 6.53. The number of rotatable bonds is 6. The molecule has 0 bridgehead atoms. The molecule has 2 amide bonds. The average Bonchev–Trinajstić information content (AvgIpc) is 2.71. The maximum absolute atomic E-state index is 12.5. The second kappa shape index (κ2) is 10.4. The quantitative estimate of drug-likeness (QED) is 0.672. The van der Waals surface area contributed by atoms with Crippen LogP contribution in [0.2, 0.25) is 0 Å². The summed E-state index contributed by atoms with van der Waals surface area (Å²) in [6, 6.07) is 0. The highest BCUT2D eigenvalue weighted by Crippen LogP contribution is 2.24. The van der Waals surface area contributed by atoms with Crippen LogP contribution in [0.25, 0.3) is 0 Å². The third kappa shape index (κ3) is 6.43. The highest BCUT2D eigenvalue weighted by atomic mass is 16.5. The van der Waals surface area contributed by atoms with E-state index in [0.717, 1.165) is 32.7 Å². The lowest BCUT2D eigenvalue weighted by atomic mass is 9.89. The Morgan fingerprint density at radius 2 is 1.48 bits per heavy atom. The summed E-state index contributed by atoms with van der Waals surface area (Å²) < 4.78 is 5.31. The van der Waals surface area contributed by atoms with Gasteiger partial charge in [-0.25, -0.2) is 0 Å². The van der Waals surface area contributed by atoms with Crippen LogP contribution in [-0.2, 0) is 14.3 Å². The molecule has 2 aliphatic heterocycles. The zero-order valence-corrected chi connectivity index (χ0v) is 16.9. The van der Waals surface area contributed by atoms with E-state index in [1.54, 1.807) is 0 Å². The van der Waals surface area contributed by atoms with E-state index >= 15 is 0 Å². The number of carbonyl (C=O) groups excluding carboxylic acids is 2. The molecule has 3 aliphatic rings. The molecule has 0 atom stereocenters. The van der Waals surface area contributed by atoms with Gasteiger partial charge in [0.05, 0.1) is 26.3 Å². The predicted octanol–water partition coefficient (Wildman–Crippen LogP) is 0.502. The Bertz CT molecular complexity index is 482. The molecule has 2 saturated heterocycles. The molecule has 0 radical (unpaired) electrons. The summed E-state index contributed by atoms with van der Waals surface area (Å²) in [5.74, 6) is 1.13. The standard InChI is InChI=1S/C20H36N4O3/c1-21(15-18-5-3-2-4-6-18)19(25)16-22-7-9-23(10-8-22)17-20(26)24-11-13-27-14-12-24/h18H,2-17H2,1H3. The Kier molecular flexibility index (Phi) is 7.91. The first kappa shape index (κ1) is 20.6. The van der Waals surface area contributed by atoms with Gasteiger partial charge in [0.1, 0.15) is 0 Å². The van der Waals surface area contributed by atoms with Gasteiger partial charge in [-0.2, -0.15) is 0 Å². The molecular formula is C20H36N4O3. The van der Waals surface area contributed by atoms with Gasteiger partial charge in [-0.1, -0.05) is 19.3 Å². The van der Waals surface area contributed by atoms with Crippen LogP contribution in [0.4, 0.5) is 0 Å². The fourth-order valence-electron chi connectivity index (χ4n) is 4.38. The van der Waals surface area contributed by atoms with Gasteiger partial charge < -0.3 is 14.5 Å². The minimum absolute atomic E-state index is 0.204. The number of hydrogen-bond acceptors (Lipinski definition) is 5. The zero-order valence-electron chi connectivity index (χ0n) is 16.9. The molecule has 0 aromatic carbocycles. The summed E-state index contributed by atoms with van der Waals surface area (Å²) in [7, 11) is 1.95. The van der Waals surface area contributed by atoms with E-state index in [0.29, 0.717) is 45.3 Å². The molecule has 0 aromatic rings. The molecule has 154 valence electrons. The smallest absolute Gasteiger partial charge is 0.236 e. The Morgan fingerprint density at radius 1 is 0.889 bits per heavy atom. The third-order valence-electron chi connectivity index (χ3n) is 6.23. The molecule has 3 fully saturated rings. The van der Waals surface area contributed by atoms with Crippen LogP contribution in [0.5, 0.6) is 0 Å². The van der Waals surface area contributed by atoms with Crippen LogP contribution in [0.1, 0.15) is 32.1 Å². The number of morpholine rings is 1. The summed E-state index contributed by atoms with van der Waals surface area (Å²) >= 11 is 0. The van der Waals surface area contributed by atoms with Gasteiger partial charge in [0.2, 0.25) is 11.8 Å². The second-order valence-corrected chi connectivity index (χ2v) is 8.32. The van der Waals surface area contributed by atoms with E-state index in [-0.39, 0.29) is 11.8 Å². The van der Waals surface area contributed by atoms with Crippen LogP contribution in [0, 0.1) is 5.92 Å². The van der Waals surface area contributed by atoms with E-state index < -0.39 is 0 Å². The largest absolute Gasteiger partial charge is 0.378 e. The van der Waals surface area contributed by atoms with E-state index in [4.69, 9.17) is 4.74 Å². The van der Waals surface area contributed by atoms with E-state index in [1.165, 1.54) is 32.1 Å². The first-order chi connectivity index (χ1) is 13.1. The molecule has 0 spiro atoms. The predicted molar refractivity (Wildman–Crippen MR) is 104 cm³/mol.